The van der Waals surface area contributed by atoms with Crippen LogP contribution in [0.2, 0.25) is 0 Å². The number of oxime groups is 1. The lowest BCUT2D eigenvalue weighted by Crippen LogP contribution is -2.17. The maximum Gasteiger partial charge on any atom is 0.240 e. The molecular formula is C12H11BrFN9O2. The van der Waals surface area contributed by atoms with Gasteiger partial charge in [0.1, 0.15) is 11.5 Å². The van der Waals surface area contributed by atoms with Crippen molar-refractivity contribution < 1.29 is 14.2 Å². The quantitative estimate of drug-likeness (QED) is 0.241. The summed E-state index contributed by atoms with van der Waals surface area (Å²) in [4.78, 5) is 0. The predicted molar refractivity (Wildman–Crippen MR) is 86.3 cm³/mol. The summed E-state index contributed by atoms with van der Waals surface area (Å²) in [6, 6.07) is 4.21. The molecule has 1 aromatic carbocycles. The molecule has 0 unspecified atom stereocenters. The second-order valence-corrected chi connectivity index (χ2v) is 5.63. The fourth-order valence-electron chi connectivity index (χ4n) is 1.98. The van der Waals surface area contributed by atoms with E-state index in [1.165, 1.54) is 22.9 Å². The van der Waals surface area contributed by atoms with Crippen LogP contribution in [0.5, 0.6) is 0 Å². The zero-order valence-corrected chi connectivity index (χ0v) is 14.1. The average molecular weight is 412 g/mol. The van der Waals surface area contributed by atoms with Crippen LogP contribution in [0.1, 0.15) is 11.4 Å². The maximum absolute atomic E-state index is 13.3. The van der Waals surface area contributed by atoms with E-state index in [0.717, 1.165) is 0 Å². The first kappa shape index (κ1) is 16.8. The highest BCUT2D eigenvalue weighted by Gasteiger charge is 2.18. The Labute approximate surface area is 147 Å². The summed E-state index contributed by atoms with van der Waals surface area (Å²) in [6.45, 7) is 0.320. The highest BCUT2D eigenvalue weighted by atomic mass is 79.9. The number of nitrogens with two attached hydrogens (primary N) is 1. The molecule has 4 N–H and O–H groups in total. The molecule has 2 aromatic heterocycles. The number of hydrogen-bond acceptors (Lipinski definition) is 9. The smallest absolute Gasteiger partial charge is 0.240 e. The number of nitrogen functional groups attached to an aromatic ring is 1. The van der Waals surface area contributed by atoms with Crippen LogP contribution in [0.25, 0.3) is 0 Å². The lowest BCUT2D eigenvalue weighted by Gasteiger charge is -2.07. The van der Waals surface area contributed by atoms with Crippen molar-refractivity contribution in [2.45, 2.75) is 13.0 Å². The molecule has 0 spiro atoms. The molecule has 0 atom stereocenters. The third-order valence-electron chi connectivity index (χ3n) is 3.18. The van der Waals surface area contributed by atoms with Crippen LogP contribution < -0.4 is 11.1 Å². The Morgan fingerprint density at radius 3 is 2.96 bits per heavy atom. The minimum Gasteiger partial charge on any atom is -0.409 e. The number of tetrazole rings is 1. The fourth-order valence-corrected chi connectivity index (χ4v) is 2.35. The van der Waals surface area contributed by atoms with Crippen molar-refractivity contribution in [1.82, 2.24) is 30.5 Å². The minimum absolute atomic E-state index is 0.0144. The van der Waals surface area contributed by atoms with Crippen molar-refractivity contribution in [3.63, 3.8) is 0 Å². The van der Waals surface area contributed by atoms with E-state index in [2.05, 4.69) is 52.2 Å². The topological polar surface area (TPSA) is 153 Å². The monoisotopic (exact) mass is 411 g/mol. The molecule has 0 aliphatic heterocycles. The van der Waals surface area contributed by atoms with Gasteiger partial charge in [0.25, 0.3) is 0 Å². The lowest BCUT2D eigenvalue weighted by atomic mass is 10.2. The largest absolute Gasteiger partial charge is 0.409 e. The zero-order valence-electron chi connectivity index (χ0n) is 12.5. The highest BCUT2D eigenvalue weighted by molar-refractivity contribution is 9.10. The second-order valence-electron chi connectivity index (χ2n) is 4.77. The molecule has 0 aliphatic rings. The van der Waals surface area contributed by atoms with Crippen LogP contribution in [0.3, 0.4) is 0 Å². The number of anilines is 2. The summed E-state index contributed by atoms with van der Waals surface area (Å²) in [7, 11) is 0. The van der Waals surface area contributed by atoms with Gasteiger partial charge >= 0.3 is 0 Å². The van der Waals surface area contributed by atoms with E-state index in [1.807, 2.05) is 0 Å². The molecule has 13 heteroatoms. The van der Waals surface area contributed by atoms with Gasteiger partial charge in [0.2, 0.25) is 11.8 Å². The molecule has 0 amide bonds. The summed E-state index contributed by atoms with van der Waals surface area (Å²) in [5.41, 5.74) is 6.65. The van der Waals surface area contributed by atoms with Crippen LogP contribution >= 0.6 is 15.9 Å². The second kappa shape index (κ2) is 7.21. The van der Waals surface area contributed by atoms with Gasteiger partial charge in [0, 0.05) is 12.1 Å². The van der Waals surface area contributed by atoms with Gasteiger partial charge in [-0.05, 0) is 49.7 Å². The van der Waals surface area contributed by atoms with E-state index in [9.17, 15) is 9.60 Å². The molecular weight excluding hydrogens is 401 g/mol. The van der Waals surface area contributed by atoms with Gasteiger partial charge in [-0.2, -0.15) is 0 Å². The van der Waals surface area contributed by atoms with Crippen LogP contribution in [0.4, 0.5) is 16.0 Å². The van der Waals surface area contributed by atoms with Crippen molar-refractivity contribution >= 4 is 33.4 Å². The number of aryl methyl sites for hydroxylation is 2. The van der Waals surface area contributed by atoms with Gasteiger partial charge in [-0.1, -0.05) is 15.4 Å². The Hall–Kier alpha value is -3.09. The van der Waals surface area contributed by atoms with Crippen molar-refractivity contribution in [2.75, 3.05) is 11.1 Å². The van der Waals surface area contributed by atoms with E-state index < -0.39 is 5.82 Å². The number of nitrogens with one attached hydrogen (secondary N) is 1. The summed E-state index contributed by atoms with van der Waals surface area (Å²) >= 11 is 3.08. The molecule has 0 saturated heterocycles. The molecule has 25 heavy (non-hydrogen) atoms. The minimum atomic E-state index is -0.421. The van der Waals surface area contributed by atoms with Crippen molar-refractivity contribution in [3.8, 4) is 0 Å². The van der Waals surface area contributed by atoms with Gasteiger partial charge in [-0.3, -0.25) is 0 Å². The van der Waals surface area contributed by atoms with Crippen LogP contribution in [0, 0.1) is 5.82 Å². The predicted octanol–water partition coefficient (Wildman–Crippen LogP) is 1.03. The molecule has 3 rings (SSSR count). The van der Waals surface area contributed by atoms with E-state index in [0.29, 0.717) is 24.3 Å². The maximum atomic E-state index is 13.3. The lowest BCUT2D eigenvalue weighted by molar-refractivity contribution is 0.300. The summed E-state index contributed by atoms with van der Waals surface area (Å²) in [5, 5.41) is 33.5. The summed E-state index contributed by atoms with van der Waals surface area (Å²) in [5.74, 6) is -0.279. The summed E-state index contributed by atoms with van der Waals surface area (Å²) in [6.07, 6.45) is 0.321. The first-order chi connectivity index (χ1) is 12.1. The SMILES string of the molecule is Nc1nnnn1CCc1nonc1/C(=N/O)Nc1ccc(F)c(Br)c1. The van der Waals surface area contributed by atoms with Crippen molar-refractivity contribution in [3.05, 3.63) is 39.9 Å². The van der Waals surface area contributed by atoms with Crippen LogP contribution in [-0.2, 0) is 13.0 Å². The van der Waals surface area contributed by atoms with E-state index in [-0.39, 0.29) is 22.0 Å². The van der Waals surface area contributed by atoms with Gasteiger partial charge in [-0.15, -0.1) is 0 Å². The molecule has 0 fully saturated rings. The van der Waals surface area contributed by atoms with Gasteiger partial charge in [-0.25, -0.2) is 13.7 Å². The van der Waals surface area contributed by atoms with Crippen molar-refractivity contribution in [1.29, 1.82) is 0 Å². The molecule has 0 bridgehead atoms. The Morgan fingerprint density at radius 1 is 1.44 bits per heavy atom. The third-order valence-corrected chi connectivity index (χ3v) is 3.79. The average Bonchev–Trinajstić information content (AvgIpc) is 3.22. The molecule has 3 aromatic rings. The number of rotatable bonds is 5. The van der Waals surface area contributed by atoms with Crippen molar-refractivity contribution in [2.24, 2.45) is 5.16 Å². The van der Waals surface area contributed by atoms with E-state index in [1.54, 1.807) is 0 Å². The van der Waals surface area contributed by atoms with Gasteiger partial charge in [0.05, 0.1) is 11.0 Å². The number of hydrogen-bond donors (Lipinski definition) is 3. The molecule has 0 radical (unpaired) electrons. The fraction of sp³-hybridized carbons (Fsp3) is 0.167. The zero-order chi connectivity index (χ0) is 17.8. The molecule has 2 heterocycles. The number of nitrogens with zero attached hydrogens (tertiary/aromatic N) is 7. The number of benzene rings is 1. The van der Waals surface area contributed by atoms with E-state index >= 15 is 0 Å². The first-order valence-corrected chi connectivity index (χ1v) is 7.65. The molecule has 0 saturated carbocycles. The number of amidine groups is 1. The summed E-state index contributed by atoms with van der Waals surface area (Å²) < 4.78 is 19.6. The Balaban J connectivity index is 1.76. The van der Waals surface area contributed by atoms with Crippen LogP contribution in [-0.4, -0.2) is 41.6 Å². The standard InChI is InChI=1S/C12H11BrFN9O2/c13-7-5-6(1-2-8(7)14)16-11(18-24)10-9(19-25-20-10)3-4-23-12(15)17-21-22-23/h1-2,5,24H,3-4H2,(H,16,18)(H2,15,17,22). The molecule has 11 nitrogen and oxygen atoms in total. The van der Waals surface area contributed by atoms with Crippen LogP contribution in [0.15, 0.2) is 32.5 Å². The molecule has 0 aliphatic carbocycles. The Morgan fingerprint density at radius 2 is 2.28 bits per heavy atom. The first-order valence-electron chi connectivity index (χ1n) is 6.86. The number of halogens is 2. The third kappa shape index (κ3) is 3.71. The Bertz CT molecular complexity index is 910. The van der Waals surface area contributed by atoms with Gasteiger partial charge < -0.3 is 16.3 Å². The highest BCUT2D eigenvalue weighted by Crippen LogP contribution is 2.21. The van der Waals surface area contributed by atoms with E-state index in [4.69, 9.17) is 10.4 Å². The Kier molecular flexibility index (Phi) is 4.83. The van der Waals surface area contributed by atoms with Gasteiger partial charge in [0.15, 0.2) is 5.69 Å². The number of aromatic nitrogens is 6. The normalized spacial score (nSPS) is 11.7. The molecule has 130 valence electrons.